The summed E-state index contributed by atoms with van der Waals surface area (Å²) in [5, 5.41) is 5.32. The van der Waals surface area contributed by atoms with Gasteiger partial charge in [0, 0.05) is 17.3 Å². The number of amides is 1. The lowest BCUT2D eigenvalue weighted by atomic mass is 10.1. The molecule has 2 heterocycles. The third-order valence-corrected chi connectivity index (χ3v) is 7.48. The molecule has 0 saturated carbocycles. The van der Waals surface area contributed by atoms with Crippen LogP contribution in [-0.2, 0) is 11.3 Å². The van der Waals surface area contributed by atoms with Gasteiger partial charge in [-0.3, -0.25) is 9.69 Å². The van der Waals surface area contributed by atoms with Gasteiger partial charge in [0.25, 0.3) is 5.91 Å². The highest BCUT2D eigenvalue weighted by atomic mass is 35.5. The Labute approximate surface area is 224 Å². The molecule has 4 aromatic rings. The van der Waals surface area contributed by atoms with E-state index >= 15 is 0 Å². The smallest absolute Gasteiger partial charge is 0.266 e. The molecule has 180 valence electrons. The molecule has 8 heteroatoms. The summed E-state index contributed by atoms with van der Waals surface area (Å²) in [5.41, 5.74) is 5.42. The molecule has 1 aromatic heterocycles. The molecule has 1 aliphatic heterocycles. The summed E-state index contributed by atoms with van der Waals surface area (Å²) < 4.78 is 7.64. The van der Waals surface area contributed by atoms with Gasteiger partial charge in [-0.05, 0) is 48.9 Å². The Hall–Kier alpha value is -3.39. The number of aryl methyl sites for hydroxylation is 1. The van der Waals surface area contributed by atoms with Gasteiger partial charge in [0.2, 0.25) is 0 Å². The van der Waals surface area contributed by atoms with Crippen LogP contribution in [0, 0.1) is 6.92 Å². The summed E-state index contributed by atoms with van der Waals surface area (Å²) >= 11 is 13.3. The first-order chi connectivity index (χ1) is 17.4. The second kappa shape index (κ2) is 10.3. The van der Waals surface area contributed by atoms with Crippen LogP contribution in [-0.4, -0.2) is 32.0 Å². The highest BCUT2D eigenvalue weighted by Gasteiger charge is 2.32. The fourth-order valence-electron chi connectivity index (χ4n) is 3.90. The Morgan fingerprint density at radius 2 is 1.83 bits per heavy atom. The van der Waals surface area contributed by atoms with Crippen LogP contribution in [0.5, 0.6) is 5.75 Å². The summed E-state index contributed by atoms with van der Waals surface area (Å²) in [6, 6.07) is 23.5. The molecule has 5 nitrogen and oxygen atoms in total. The molecule has 0 bridgehead atoms. The van der Waals surface area contributed by atoms with Crippen LogP contribution in [0.3, 0.4) is 0 Å². The average molecular weight is 532 g/mol. The van der Waals surface area contributed by atoms with Gasteiger partial charge in [0.15, 0.2) is 0 Å². The number of ether oxygens (including phenoxy) is 1. The van der Waals surface area contributed by atoms with Gasteiger partial charge in [-0.25, -0.2) is 4.68 Å². The third-order valence-electron chi connectivity index (χ3n) is 5.81. The largest absolute Gasteiger partial charge is 0.495 e. The molecule has 0 spiro atoms. The molecular formula is C28H22ClN3O2S2. The zero-order chi connectivity index (χ0) is 25.2. The Balaban J connectivity index is 1.53. The zero-order valence-electron chi connectivity index (χ0n) is 19.6. The highest BCUT2D eigenvalue weighted by molar-refractivity contribution is 8.26. The first kappa shape index (κ1) is 24.3. The molecular weight excluding hydrogens is 510 g/mol. The van der Waals surface area contributed by atoms with Crippen LogP contribution >= 0.6 is 35.6 Å². The molecule has 0 N–H and O–H groups in total. The lowest BCUT2D eigenvalue weighted by molar-refractivity contribution is -0.122. The summed E-state index contributed by atoms with van der Waals surface area (Å²) in [5.74, 6) is 0.471. The van der Waals surface area contributed by atoms with E-state index < -0.39 is 0 Å². The van der Waals surface area contributed by atoms with Crippen molar-refractivity contribution >= 4 is 51.9 Å². The molecule has 1 fully saturated rings. The maximum atomic E-state index is 13.3. The van der Waals surface area contributed by atoms with E-state index in [4.69, 9.17) is 33.7 Å². The summed E-state index contributed by atoms with van der Waals surface area (Å²) in [6.45, 7) is 2.47. The van der Waals surface area contributed by atoms with E-state index in [2.05, 4.69) is 0 Å². The third kappa shape index (κ3) is 4.95. The van der Waals surface area contributed by atoms with Gasteiger partial charge >= 0.3 is 0 Å². The van der Waals surface area contributed by atoms with E-state index in [0.29, 0.717) is 32.2 Å². The van der Waals surface area contributed by atoms with Gasteiger partial charge < -0.3 is 4.74 Å². The van der Waals surface area contributed by atoms with E-state index in [9.17, 15) is 4.79 Å². The van der Waals surface area contributed by atoms with E-state index in [1.54, 1.807) is 16.7 Å². The van der Waals surface area contributed by atoms with Crippen molar-refractivity contribution in [2.45, 2.75) is 13.5 Å². The number of nitrogens with zero attached hydrogens (tertiary/aromatic N) is 3. The van der Waals surface area contributed by atoms with E-state index in [1.807, 2.05) is 92.0 Å². The van der Waals surface area contributed by atoms with Crippen molar-refractivity contribution in [1.29, 1.82) is 0 Å². The number of para-hydroxylation sites is 1. The molecule has 0 atom stereocenters. The zero-order valence-corrected chi connectivity index (χ0v) is 22.0. The van der Waals surface area contributed by atoms with Crippen molar-refractivity contribution in [1.82, 2.24) is 14.7 Å². The predicted octanol–water partition coefficient (Wildman–Crippen LogP) is 6.91. The van der Waals surface area contributed by atoms with Crippen molar-refractivity contribution in [3.8, 4) is 22.7 Å². The summed E-state index contributed by atoms with van der Waals surface area (Å²) in [6.07, 6.45) is 3.77. The number of aromatic nitrogens is 2. The SMILES string of the molecule is COc1ccc(-c2nn(-c3ccccc3)cc2C=C2SC(=S)N(Cc3ccc(C)cc3)C2=O)cc1Cl. The van der Waals surface area contributed by atoms with Crippen molar-refractivity contribution < 1.29 is 9.53 Å². The number of halogens is 1. The van der Waals surface area contributed by atoms with Crippen LogP contribution in [0.25, 0.3) is 23.0 Å². The number of thiocarbonyl (C=S) groups is 1. The predicted molar refractivity (Wildman–Crippen MR) is 150 cm³/mol. The van der Waals surface area contributed by atoms with E-state index in [-0.39, 0.29) is 5.91 Å². The second-order valence-electron chi connectivity index (χ2n) is 8.32. The van der Waals surface area contributed by atoms with Crippen molar-refractivity contribution in [2.24, 2.45) is 0 Å². The number of methoxy groups -OCH3 is 1. The van der Waals surface area contributed by atoms with Crippen LogP contribution < -0.4 is 4.74 Å². The molecule has 1 aliphatic rings. The van der Waals surface area contributed by atoms with Gasteiger partial charge in [0.1, 0.15) is 15.8 Å². The second-order valence-corrected chi connectivity index (χ2v) is 10.4. The Morgan fingerprint density at radius 1 is 1.08 bits per heavy atom. The van der Waals surface area contributed by atoms with Crippen LogP contribution in [0.4, 0.5) is 0 Å². The molecule has 0 radical (unpaired) electrons. The van der Waals surface area contributed by atoms with Gasteiger partial charge in [-0.2, -0.15) is 5.10 Å². The number of thioether (sulfide) groups is 1. The summed E-state index contributed by atoms with van der Waals surface area (Å²) in [4.78, 5) is 15.5. The number of benzene rings is 3. The van der Waals surface area contributed by atoms with Crippen LogP contribution in [0.2, 0.25) is 5.02 Å². The Kier molecular flexibility index (Phi) is 6.96. The standard InChI is InChI=1S/C28H22ClN3O2S2/c1-18-8-10-19(11-9-18)16-31-27(33)25(36-28(31)35)15-21-17-32(22-6-4-3-5-7-22)30-26(21)20-12-13-24(34-2)23(29)14-20/h3-15,17H,16H2,1-2H3. The average Bonchev–Trinajstić information content (AvgIpc) is 3.42. The topological polar surface area (TPSA) is 47.4 Å². The first-order valence-electron chi connectivity index (χ1n) is 11.2. The molecule has 1 saturated heterocycles. The number of carbonyl (C=O) groups is 1. The fraction of sp³-hybridized carbons (Fsp3) is 0.107. The maximum Gasteiger partial charge on any atom is 0.266 e. The molecule has 0 aliphatic carbocycles. The van der Waals surface area contributed by atoms with Gasteiger partial charge in [0.05, 0.1) is 29.3 Å². The van der Waals surface area contributed by atoms with Crippen molar-refractivity contribution in [3.05, 3.63) is 106 Å². The Bertz CT molecular complexity index is 1480. The lowest BCUT2D eigenvalue weighted by Crippen LogP contribution is -2.27. The quantitative estimate of drug-likeness (QED) is 0.200. The van der Waals surface area contributed by atoms with Crippen molar-refractivity contribution in [3.63, 3.8) is 0 Å². The van der Waals surface area contributed by atoms with E-state index in [0.717, 1.165) is 22.4 Å². The number of carbonyl (C=O) groups excluding carboxylic acids is 1. The minimum atomic E-state index is -0.114. The normalized spacial score (nSPS) is 14.6. The Morgan fingerprint density at radius 3 is 2.53 bits per heavy atom. The van der Waals surface area contributed by atoms with E-state index in [1.165, 1.54) is 17.3 Å². The molecule has 36 heavy (non-hydrogen) atoms. The highest BCUT2D eigenvalue weighted by Crippen LogP contribution is 2.37. The minimum Gasteiger partial charge on any atom is -0.495 e. The first-order valence-corrected chi connectivity index (χ1v) is 12.8. The molecule has 3 aromatic carbocycles. The van der Waals surface area contributed by atoms with Crippen LogP contribution in [0.1, 0.15) is 16.7 Å². The van der Waals surface area contributed by atoms with Crippen molar-refractivity contribution in [2.75, 3.05) is 7.11 Å². The maximum absolute atomic E-state index is 13.3. The monoisotopic (exact) mass is 531 g/mol. The summed E-state index contributed by atoms with van der Waals surface area (Å²) in [7, 11) is 1.58. The molecule has 0 unspecified atom stereocenters. The van der Waals surface area contributed by atoms with Crippen LogP contribution in [0.15, 0.2) is 83.9 Å². The van der Waals surface area contributed by atoms with Gasteiger partial charge in [-0.15, -0.1) is 0 Å². The minimum absolute atomic E-state index is 0.114. The fourth-order valence-corrected chi connectivity index (χ4v) is 5.40. The lowest BCUT2D eigenvalue weighted by Gasteiger charge is -2.14. The number of rotatable bonds is 6. The van der Waals surface area contributed by atoms with Gasteiger partial charge in [-0.1, -0.05) is 83.6 Å². The number of hydrogen-bond donors (Lipinski definition) is 0. The number of hydrogen-bond acceptors (Lipinski definition) is 5. The molecule has 5 rings (SSSR count). The molecule has 1 amide bonds.